The van der Waals surface area contributed by atoms with Crippen molar-refractivity contribution >= 4 is 45.8 Å². The molecule has 0 unspecified atom stereocenters. The molecule has 0 saturated heterocycles. The highest BCUT2D eigenvalue weighted by Gasteiger charge is 2.16. The molecular weight excluding hydrogens is 334 g/mol. The van der Waals surface area contributed by atoms with E-state index in [2.05, 4.69) is 4.98 Å². The van der Waals surface area contributed by atoms with Crippen molar-refractivity contribution < 1.29 is 8.78 Å². The Morgan fingerprint density at radius 3 is 2.62 bits per heavy atom. The van der Waals surface area contributed by atoms with Crippen molar-refractivity contribution in [1.29, 1.82) is 0 Å². The van der Waals surface area contributed by atoms with E-state index in [1.807, 2.05) is 22.6 Å². The Labute approximate surface area is 97.6 Å². The second-order valence-corrected chi connectivity index (χ2v) is 4.03. The summed E-state index contributed by atoms with van der Waals surface area (Å²) in [6.07, 6.45) is -2.64. The molecule has 0 aliphatic rings. The summed E-state index contributed by atoms with van der Waals surface area (Å²) in [5, 5.41) is 0.0877. The summed E-state index contributed by atoms with van der Waals surface area (Å²) >= 11 is 13.0. The Balaban J connectivity index is 3.25. The van der Waals surface area contributed by atoms with Crippen LogP contribution in [0.5, 0.6) is 0 Å². The molecule has 13 heavy (non-hydrogen) atoms. The first-order chi connectivity index (χ1) is 6.06. The smallest absolute Gasteiger partial charge is 0.234 e. The Morgan fingerprint density at radius 1 is 1.54 bits per heavy atom. The molecular formula is C7H4Cl2F2IN. The minimum atomic E-state index is -2.64. The number of aromatic nitrogens is 1. The SMILES string of the molecule is FC(F)c1nc(Cl)c(I)cc1CCl. The lowest BCUT2D eigenvalue weighted by Gasteiger charge is -2.06. The molecule has 6 heteroatoms. The molecule has 72 valence electrons. The summed E-state index contributed by atoms with van der Waals surface area (Å²) in [4.78, 5) is 3.57. The average molecular weight is 338 g/mol. The zero-order valence-corrected chi connectivity index (χ0v) is 9.87. The molecule has 0 saturated carbocycles. The predicted octanol–water partition coefficient (Wildman–Crippen LogP) is 4.02. The van der Waals surface area contributed by atoms with Gasteiger partial charge in [0.2, 0.25) is 0 Å². The highest BCUT2D eigenvalue weighted by Crippen LogP contribution is 2.27. The van der Waals surface area contributed by atoms with Crippen molar-refractivity contribution in [3.63, 3.8) is 0 Å². The van der Waals surface area contributed by atoms with E-state index in [1.165, 1.54) is 6.07 Å². The largest absolute Gasteiger partial charge is 0.280 e. The van der Waals surface area contributed by atoms with Crippen LogP contribution in [0.3, 0.4) is 0 Å². The molecule has 0 spiro atoms. The molecule has 0 aliphatic heterocycles. The maximum Gasteiger partial charge on any atom is 0.280 e. The molecule has 1 rings (SSSR count). The van der Waals surface area contributed by atoms with Gasteiger partial charge in [0.1, 0.15) is 10.8 Å². The third-order valence-electron chi connectivity index (χ3n) is 1.40. The Hall–Kier alpha value is 0.320. The van der Waals surface area contributed by atoms with Crippen molar-refractivity contribution in [2.24, 2.45) is 0 Å². The van der Waals surface area contributed by atoms with E-state index >= 15 is 0 Å². The first-order valence-electron chi connectivity index (χ1n) is 3.25. The standard InChI is InChI=1S/C7H4Cl2F2IN/c8-2-3-1-4(12)6(9)13-5(3)7(10)11/h1,7H,2H2. The van der Waals surface area contributed by atoms with E-state index in [1.54, 1.807) is 0 Å². The monoisotopic (exact) mass is 337 g/mol. The van der Waals surface area contributed by atoms with Crippen LogP contribution in [0.25, 0.3) is 0 Å². The van der Waals surface area contributed by atoms with Gasteiger partial charge < -0.3 is 0 Å². The third kappa shape index (κ3) is 2.63. The van der Waals surface area contributed by atoms with Crippen molar-refractivity contribution in [3.05, 3.63) is 26.0 Å². The fourth-order valence-corrected chi connectivity index (χ4v) is 1.67. The molecule has 0 fully saturated rings. The molecule has 0 bridgehead atoms. The van der Waals surface area contributed by atoms with Gasteiger partial charge in [-0.15, -0.1) is 11.6 Å². The van der Waals surface area contributed by atoms with E-state index in [4.69, 9.17) is 23.2 Å². The first-order valence-corrected chi connectivity index (χ1v) is 5.24. The van der Waals surface area contributed by atoms with Gasteiger partial charge in [-0.2, -0.15) is 0 Å². The van der Waals surface area contributed by atoms with Gasteiger partial charge in [-0.3, -0.25) is 0 Å². The zero-order valence-electron chi connectivity index (χ0n) is 6.20. The van der Waals surface area contributed by atoms with Crippen LogP contribution < -0.4 is 0 Å². The maximum absolute atomic E-state index is 12.3. The molecule has 1 aromatic heterocycles. The molecule has 1 nitrogen and oxygen atoms in total. The molecule has 0 atom stereocenters. The molecule has 0 N–H and O–H groups in total. The molecule has 0 amide bonds. The van der Waals surface area contributed by atoms with Crippen LogP contribution >= 0.6 is 45.8 Å². The van der Waals surface area contributed by atoms with Crippen molar-refractivity contribution in [1.82, 2.24) is 4.98 Å². The second-order valence-electron chi connectivity index (χ2n) is 2.24. The Bertz CT molecular complexity index is 320. The van der Waals surface area contributed by atoms with Crippen LogP contribution in [-0.2, 0) is 5.88 Å². The van der Waals surface area contributed by atoms with Crippen LogP contribution in [0.4, 0.5) is 8.78 Å². The van der Waals surface area contributed by atoms with Gasteiger partial charge in [0.25, 0.3) is 6.43 Å². The number of hydrogen-bond acceptors (Lipinski definition) is 1. The van der Waals surface area contributed by atoms with Crippen molar-refractivity contribution in [2.45, 2.75) is 12.3 Å². The lowest BCUT2D eigenvalue weighted by Crippen LogP contribution is -1.98. The van der Waals surface area contributed by atoms with Gasteiger partial charge >= 0.3 is 0 Å². The van der Waals surface area contributed by atoms with Crippen LogP contribution in [0.1, 0.15) is 17.7 Å². The van der Waals surface area contributed by atoms with Gasteiger partial charge in [-0.1, -0.05) is 11.6 Å². The fourth-order valence-electron chi connectivity index (χ4n) is 0.813. The topological polar surface area (TPSA) is 12.9 Å². The van der Waals surface area contributed by atoms with E-state index < -0.39 is 6.43 Å². The van der Waals surface area contributed by atoms with Crippen LogP contribution in [-0.4, -0.2) is 4.98 Å². The summed E-state index contributed by atoms with van der Waals surface area (Å²) in [6, 6.07) is 1.52. The average Bonchev–Trinajstić information content (AvgIpc) is 2.08. The fraction of sp³-hybridized carbons (Fsp3) is 0.286. The quantitative estimate of drug-likeness (QED) is 0.451. The predicted molar refractivity (Wildman–Crippen MR) is 56.5 cm³/mol. The number of alkyl halides is 3. The summed E-state index contributed by atoms with van der Waals surface area (Å²) in [5.74, 6) is 0.0137. The van der Waals surface area contributed by atoms with Gasteiger partial charge in [-0.05, 0) is 34.2 Å². The molecule has 0 aliphatic carbocycles. The summed E-state index contributed by atoms with van der Waals surface area (Å²) in [7, 11) is 0. The van der Waals surface area contributed by atoms with Crippen LogP contribution in [0, 0.1) is 3.57 Å². The Morgan fingerprint density at radius 2 is 2.15 bits per heavy atom. The van der Waals surface area contributed by atoms with Crippen LogP contribution in [0.15, 0.2) is 6.07 Å². The van der Waals surface area contributed by atoms with Crippen LogP contribution in [0.2, 0.25) is 5.15 Å². The lowest BCUT2D eigenvalue weighted by atomic mass is 10.2. The number of rotatable bonds is 2. The number of hydrogen-bond donors (Lipinski definition) is 0. The van der Waals surface area contributed by atoms with E-state index in [9.17, 15) is 8.78 Å². The minimum Gasteiger partial charge on any atom is -0.234 e. The summed E-state index contributed by atoms with van der Waals surface area (Å²) in [6.45, 7) is 0. The highest BCUT2D eigenvalue weighted by atomic mass is 127. The van der Waals surface area contributed by atoms with Gasteiger partial charge in [0.15, 0.2) is 0 Å². The van der Waals surface area contributed by atoms with E-state index in [0.29, 0.717) is 9.13 Å². The second kappa shape index (κ2) is 4.70. The molecule has 0 radical (unpaired) electrons. The highest BCUT2D eigenvalue weighted by molar-refractivity contribution is 14.1. The van der Waals surface area contributed by atoms with Crippen molar-refractivity contribution in [2.75, 3.05) is 0 Å². The maximum atomic E-state index is 12.3. The lowest BCUT2D eigenvalue weighted by molar-refractivity contribution is 0.145. The number of halogens is 5. The summed E-state index contributed by atoms with van der Waals surface area (Å²) < 4.78 is 25.3. The van der Waals surface area contributed by atoms with E-state index in [0.717, 1.165) is 0 Å². The zero-order chi connectivity index (χ0) is 10.0. The molecule has 1 aromatic rings. The number of nitrogens with zero attached hydrogens (tertiary/aromatic N) is 1. The van der Waals surface area contributed by atoms with Gasteiger partial charge in [0, 0.05) is 5.88 Å². The van der Waals surface area contributed by atoms with E-state index in [-0.39, 0.29) is 16.7 Å². The third-order valence-corrected chi connectivity index (χ3v) is 3.11. The Kier molecular flexibility index (Phi) is 4.12. The summed E-state index contributed by atoms with van der Waals surface area (Å²) in [5.41, 5.74) is -0.00844. The molecule has 0 aromatic carbocycles. The molecule has 1 heterocycles. The minimum absolute atomic E-state index is 0.0137. The van der Waals surface area contributed by atoms with Crippen molar-refractivity contribution in [3.8, 4) is 0 Å². The normalized spacial score (nSPS) is 10.9. The van der Waals surface area contributed by atoms with Gasteiger partial charge in [0.05, 0.1) is 3.57 Å². The first kappa shape index (κ1) is 11.4. The van der Waals surface area contributed by atoms with Gasteiger partial charge in [-0.25, -0.2) is 13.8 Å². The number of pyridine rings is 1.